The maximum atomic E-state index is 10.8. The van der Waals surface area contributed by atoms with E-state index in [1.165, 1.54) is 11.3 Å². The molecule has 0 amide bonds. The van der Waals surface area contributed by atoms with Gasteiger partial charge in [0.2, 0.25) is 0 Å². The normalized spacial score (nSPS) is 11.1. The number of hydrogen-bond donors (Lipinski definition) is 1. The van der Waals surface area contributed by atoms with Crippen molar-refractivity contribution in [1.29, 1.82) is 0 Å². The van der Waals surface area contributed by atoms with E-state index in [1.54, 1.807) is 22.8 Å². The van der Waals surface area contributed by atoms with Crippen molar-refractivity contribution in [2.24, 2.45) is 0 Å². The van der Waals surface area contributed by atoms with Gasteiger partial charge in [-0.05, 0) is 18.9 Å². The third-order valence-corrected chi connectivity index (χ3v) is 4.92. The molecule has 96 valence electrons. The average molecular weight is 281 g/mol. The Balaban J connectivity index is 2.26. The lowest BCUT2D eigenvalue weighted by molar-refractivity contribution is 0.0697. The highest BCUT2D eigenvalue weighted by molar-refractivity contribution is 7.14. The highest BCUT2D eigenvalue weighted by atomic mass is 32.1. The van der Waals surface area contributed by atoms with E-state index < -0.39 is 5.97 Å². The van der Waals surface area contributed by atoms with Gasteiger partial charge in [-0.15, -0.1) is 22.7 Å². The monoisotopic (exact) mass is 281 g/mol. The molecule has 18 heavy (non-hydrogen) atoms. The van der Waals surface area contributed by atoms with Crippen LogP contribution in [0.25, 0.3) is 10.6 Å². The Morgan fingerprint density at radius 2 is 2.06 bits per heavy atom. The number of nitrogens with zero attached hydrogens (tertiary/aromatic N) is 1. The Labute approximate surface area is 114 Å². The summed E-state index contributed by atoms with van der Waals surface area (Å²) in [5, 5.41) is 13.7. The smallest absolute Gasteiger partial charge is 0.336 e. The third kappa shape index (κ3) is 2.62. The number of carbonyl (C=O) groups is 1. The number of hydrogen-bond acceptors (Lipinski definition) is 4. The van der Waals surface area contributed by atoms with Gasteiger partial charge in [0.05, 0.1) is 21.1 Å². The van der Waals surface area contributed by atoms with E-state index in [0.717, 1.165) is 28.4 Å². The zero-order valence-corrected chi connectivity index (χ0v) is 12.0. The molecule has 0 radical (unpaired) electrons. The van der Waals surface area contributed by atoms with Crippen LogP contribution in [0, 0.1) is 0 Å². The summed E-state index contributed by atoms with van der Waals surface area (Å²) in [4.78, 5) is 16.4. The van der Waals surface area contributed by atoms with Gasteiger partial charge >= 0.3 is 5.97 Å². The molecule has 0 unspecified atom stereocenters. The maximum absolute atomic E-state index is 10.8. The minimum absolute atomic E-state index is 0.340. The second-order valence-electron chi connectivity index (χ2n) is 4.09. The van der Waals surface area contributed by atoms with Crippen LogP contribution in [0.4, 0.5) is 0 Å². The van der Waals surface area contributed by atoms with Crippen LogP contribution < -0.4 is 0 Å². The number of thiophene rings is 1. The highest BCUT2D eigenvalue weighted by Crippen LogP contribution is 2.32. The number of thiazole rings is 1. The molecule has 0 bridgehead atoms. The van der Waals surface area contributed by atoms with Crippen molar-refractivity contribution in [3.05, 3.63) is 27.4 Å². The van der Waals surface area contributed by atoms with Crippen LogP contribution in [-0.4, -0.2) is 16.1 Å². The number of carboxylic acid groups (broad SMARTS) is 1. The Morgan fingerprint density at radius 3 is 2.61 bits per heavy atom. The largest absolute Gasteiger partial charge is 0.478 e. The molecule has 2 aromatic heterocycles. The zero-order valence-electron chi connectivity index (χ0n) is 10.3. The van der Waals surface area contributed by atoms with E-state index in [-0.39, 0.29) is 0 Å². The van der Waals surface area contributed by atoms with Gasteiger partial charge in [0.1, 0.15) is 0 Å². The molecule has 0 aromatic carbocycles. The quantitative estimate of drug-likeness (QED) is 0.879. The predicted molar refractivity (Wildman–Crippen MR) is 75.7 cm³/mol. The van der Waals surface area contributed by atoms with Crippen molar-refractivity contribution >= 4 is 28.6 Å². The lowest BCUT2D eigenvalue weighted by Gasteiger charge is -2.06. The summed E-state index contributed by atoms with van der Waals surface area (Å²) in [7, 11) is 0. The average Bonchev–Trinajstić information content (AvgIpc) is 2.98. The summed E-state index contributed by atoms with van der Waals surface area (Å²) in [5.74, 6) is -0.365. The molecule has 2 rings (SSSR count). The van der Waals surface area contributed by atoms with Crippen molar-refractivity contribution in [2.45, 2.75) is 32.6 Å². The second-order valence-corrected chi connectivity index (χ2v) is 5.89. The van der Waals surface area contributed by atoms with Crippen LogP contribution in [0.5, 0.6) is 0 Å². The van der Waals surface area contributed by atoms with Crippen molar-refractivity contribution in [3.63, 3.8) is 0 Å². The molecule has 5 heteroatoms. The van der Waals surface area contributed by atoms with Crippen molar-refractivity contribution in [1.82, 2.24) is 4.98 Å². The summed E-state index contributed by atoms with van der Waals surface area (Å²) in [5.41, 5.74) is 1.24. The summed E-state index contributed by atoms with van der Waals surface area (Å²) in [6, 6.07) is 1.69. The first kappa shape index (κ1) is 13.2. The highest BCUT2D eigenvalue weighted by Gasteiger charge is 2.14. The summed E-state index contributed by atoms with van der Waals surface area (Å²) >= 11 is 3.10. The predicted octanol–water partition coefficient (Wildman–Crippen LogP) is 4.47. The zero-order chi connectivity index (χ0) is 13.1. The second kappa shape index (κ2) is 5.63. The van der Waals surface area contributed by atoms with Crippen molar-refractivity contribution in [2.75, 3.05) is 0 Å². The molecule has 0 spiro atoms. The number of aromatic nitrogens is 1. The topological polar surface area (TPSA) is 50.2 Å². The van der Waals surface area contributed by atoms with Gasteiger partial charge in [0.15, 0.2) is 0 Å². The lowest BCUT2D eigenvalue weighted by atomic mass is 10.1. The fourth-order valence-electron chi connectivity index (χ4n) is 1.81. The molecule has 0 saturated heterocycles. The maximum Gasteiger partial charge on any atom is 0.336 e. The van der Waals surface area contributed by atoms with E-state index in [9.17, 15) is 4.79 Å². The van der Waals surface area contributed by atoms with E-state index in [4.69, 9.17) is 5.11 Å². The Bertz CT molecular complexity index is 541. The first-order valence-electron chi connectivity index (χ1n) is 5.93. The molecule has 0 aliphatic rings. The van der Waals surface area contributed by atoms with Crippen molar-refractivity contribution in [3.8, 4) is 10.6 Å². The minimum Gasteiger partial charge on any atom is -0.478 e. The SMILES string of the molecule is CCC(CC)c1nc(-c2cc(C(=O)O)cs2)cs1. The Hall–Kier alpha value is -1.20. The van der Waals surface area contributed by atoms with E-state index in [1.807, 2.05) is 5.38 Å². The van der Waals surface area contributed by atoms with Crippen LogP contribution in [0.2, 0.25) is 0 Å². The van der Waals surface area contributed by atoms with Gasteiger partial charge in [0, 0.05) is 16.7 Å². The van der Waals surface area contributed by atoms with Crippen LogP contribution >= 0.6 is 22.7 Å². The molecule has 3 nitrogen and oxygen atoms in total. The van der Waals surface area contributed by atoms with E-state index in [0.29, 0.717) is 11.5 Å². The van der Waals surface area contributed by atoms with Crippen molar-refractivity contribution < 1.29 is 9.90 Å². The van der Waals surface area contributed by atoms with Crippen LogP contribution in [-0.2, 0) is 0 Å². The van der Waals surface area contributed by atoms with Gasteiger partial charge in [-0.2, -0.15) is 0 Å². The summed E-state index contributed by atoms with van der Waals surface area (Å²) < 4.78 is 0. The van der Waals surface area contributed by atoms with Gasteiger partial charge in [-0.25, -0.2) is 9.78 Å². The molecule has 0 aliphatic heterocycles. The van der Waals surface area contributed by atoms with Crippen LogP contribution in [0.15, 0.2) is 16.8 Å². The molecule has 2 heterocycles. The molecular weight excluding hydrogens is 266 g/mol. The third-order valence-electron chi connectivity index (χ3n) is 2.96. The number of aromatic carboxylic acids is 1. The standard InChI is InChI=1S/C13H15NO2S2/c1-3-8(4-2)12-14-10(7-18-12)11-5-9(6-17-11)13(15)16/h5-8H,3-4H2,1-2H3,(H,15,16). The molecule has 0 atom stereocenters. The number of rotatable bonds is 5. The fraction of sp³-hybridized carbons (Fsp3) is 0.385. The van der Waals surface area contributed by atoms with Gasteiger partial charge < -0.3 is 5.11 Å². The number of carboxylic acids is 1. The van der Waals surface area contributed by atoms with Gasteiger partial charge in [0.25, 0.3) is 0 Å². The lowest BCUT2D eigenvalue weighted by Crippen LogP contribution is -1.94. The molecule has 0 saturated carbocycles. The minimum atomic E-state index is -0.882. The van der Waals surface area contributed by atoms with E-state index >= 15 is 0 Å². The fourth-order valence-corrected chi connectivity index (χ4v) is 3.82. The summed E-state index contributed by atoms with van der Waals surface area (Å²) in [6.45, 7) is 4.34. The van der Waals surface area contributed by atoms with Gasteiger partial charge in [-0.3, -0.25) is 0 Å². The van der Waals surface area contributed by atoms with E-state index in [2.05, 4.69) is 18.8 Å². The summed E-state index contributed by atoms with van der Waals surface area (Å²) in [6.07, 6.45) is 2.18. The molecule has 2 aromatic rings. The molecular formula is C13H15NO2S2. The Morgan fingerprint density at radius 1 is 1.33 bits per heavy atom. The van der Waals surface area contributed by atoms with Crippen LogP contribution in [0.1, 0.15) is 48.0 Å². The van der Waals surface area contributed by atoms with Gasteiger partial charge in [-0.1, -0.05) is 13.8 Å². The van der Waals surface area contributed by atoms with Crippen LogP contribution in [0.3, 0.4) is 0 Å². The molecule has 1 N–H and O–H groups in total. The molecule has 0 aliphatic carbocycles. The first-order valence-corrected chi connectivity index (χ1v) is 7.69. The first-order chi connectivity index (χ1) is 8.65. The Kier molecular flexibility index (Phi) is 4.14. The molecule has 0 fully saturated rings.